The minimum Gasteiger partial charge on any atom is -0.460 e. The number of aliphatic hydroxyl groups is 4. The Hall–Kier alpha value is -4.03. The highest BCUT2D eigenvalue weighted by Gasteiger charge is 2.40. The number of terminal acetylenes is 2. The number of aryl methyl sites for hydroxylation is 2. The number of unbranched alkanes of at least 4 members (excludes halogenated alkanes) is 1. The van der Waals surface area contributed by atoms with E-state index in [2.05, 4.69) is 16.8 Å². The van der Waals surface area contributed by atoms with Gasteiger partial charge in [0.25, 0.3) is 0 Å². The Labute approximate surface area is 327 Å². The molecule has 0 aliphatic heterocycles. The lowest BCUT2D eigenvalue weighted by Gasteiger charge is -2.29. The summed E-state index contributed by atoms with van der Waals surface area (Å²) in [5.74, 6) is 4.01. The number of carbonyl (C=O) groups is 2. The van der Waals surface area contributed by atoms with E-state index in [1.165, 1.54) is 11.8 Å². The van der Waals surface area contributed by atoms with Crippen molar-refractivity contribution in [2.45, 2.75) is 143 Å². The predicted molar refractivity (Wildman–Crippen MR) is 211 cm³/mol. The quantitative estimate of drug-likeness (QED) is 0.0343. The standard InChI is InChI=1S/C45H61NO9/c1-8-25-44(4,5)42(51)53-29-33-28-46-31(3)41(37(33)30-54-43(52)45(6,7)26-9-2)55-40(50)20-16-11-10-15-19-35-36(39(49)27-38(35)48)24-23-34(47)22-21-32-17-13-12-14-18-32/h1-2,10,12-15,17-18,28,34-36,38-39,43,47-49,52H,11,16,19-27,29-30H2,3-7H3/b15-10-/t34-,35+,36+,38-,39+,43?/m0/s1. The van der Waals surface area contributed by atoms with Crippen molar-refractivity contribution in [3.63, 3.8) is 0 Å². The Balaban J connectivity index is 1.58. The van der Waals surface area contributed by atoms with Crippen molar-refractivity contribution < 1.29 is 44.2 Å². The topological polar surface area (TPSA) is 156 Å². The molecular formula is C45H61NO9. The highest BCUT2D eigenvalue weighted by molar-refractivity contribution is 5.76. The summed E-state index contributed by atoms with van der Waals surface area (Å²) in [5.41, 5.74) is 0.794. The van der Waals surface area contributed by atoms with Gasteiger partial charge in [-0.2, -0.15) is 0 Å². The van der Waals surface area contributed by atoms with Crippen molar-refractivity contribution in [2.24, 2.45) is 22.7 Å². The minimum absolute atomic E-state index is 0.103. The van der Waals surface area contributed by atoms with Crippen molar-refractivity contribution in [3.8, 4) is 30.4 Å². The van der Waals surface area contributed by atoms with Crippen LogP contribution in [0.4, 0.5) is 0 Å². The van der Waals surface area contributed by atoms with Crippen molar-refractivity contribution in [2.75, 3.05) is 0 Å². The molecule has 1 aromatic heterocycles. The number of pyridine rings is 1. The summed E-state index contributed by atoms with van der Waals surface area (Å²) in [6.07, 6.45) is 18.7. The Morgan fingerprint density at radius 3 is 2.36 bits per heavy atom. The van der Waals surface area contributed by atoms with E-state index >= 15 is 0 Å². The van der Waals surface area contributed by atoms with Gasteiger partial charge in [-0.1, -0.05) is 56.3 Å². The van der Waals surface area contributed by atoms with Gasteiger partial charge in [-0.3, -0.25) is 14.6 Å². The SMILES string of the molecule is C#CCC(C)(C)C(=O)OCc1cnc(C)c(OC(=O)CCC/C=C\C[C@@H]2[C@@H](CC[C@@H](O)CCc3ccccc3)[C@H](O)C[C@@H]2O)c1COC(O)C(C)(C)CC#C. The summed E-state index contributed by atoms with van der Waals surface area (Å²) in [6.45, 7) is 8.28. The van der Waals surface area contributed by atoms with Gasteiger partial charge < -0.3 is 34.6 Å². The molecule has 10 nitrogen and oxygen atoms in total. The fourth-order valence-corrected chi connectivity index (χ4v) is 6.81. The first kappa shape index (κ1) is 45.4. The average molecular weight is 760 g/mol. The second-order valence-corrected chi connectivity index (χ2v) is 16.1. The molecule has 1 unspecified atom stereocenters. The van der Waals surface area contributed by atoms with Crippen molar-refractivity contribution in [1.82, 2.24) is 4.98 Å². The van der Waals surface area contributed by atoms with Crippen molar-refractivity contribution >= 4 is 11.9 Å². The molecule has 1 saturated carbocycles. The largest absolute Gasteiger partial charge is 0.460 e. The number of allylic oxidation sites excluding steroid dienone is 2. The first-order valence-corrected chi connectivity index (χ1v) is 19.3. The molecule has 0 spiro atoms. The van der Waals surface area contributed by atoms with E-state index < -0.39 is 47.4 Å². The molecule has 4 N–H and O–H groups in total. The molecule has 10 heteroatoms. The van der Waals surface area contributed by atoms with Gasteiger partial charge in [-0.25, -0.2) is 0 Å². The minimum atomic E-state index is -1.24. The monoisotopic (exact) mass is 759 g/mol. The molecule has 3 rings (SSSR count). The van der Waals surface area contributed by atoms with E-state index in [4.69, 9.17) is 27.1 Å². The smallest absolute Gasteiger partial charge is 0.312 e. The van der Waals surface area contributed by atoms with Gasteiger partial charge in [0.05, 0.1) is 36.0 Å². The zero-order chi connectivity index (χ0) is 40.6. The summed E-state index contributed by atoms with van der Waals surface area (Å²) < 4.78 is 17.3. The number of carbonyl (C=O) groups excluding carboxylic acids is 2. The molecule has 0 amide bonds. The molecule has 2 aromatic rings. The van der Waals surface area contributed by atoms with Gasteiger partial charge in [-0.05, 0) is 89.5 Å². The maximum Gasteiger partial charge on any atom is 0.312 e. The fraction of sp³-hybridized carbons (Fsp3) is 0.578. The number of nitrogens with zero attached hydrogens (tertiary/aromatic N) is 1. The first-order valence-electron chi connectivity index (χ1n) is 19.3. The number of benzene rings is 1. The van der Waals surface area contributed by atoms with Gasteiger partial charge >= 0.3 is 11.9 Å². The maximum absolute atomic E-state index is 13.1. The third-order valence-electron chi connectivity index (χ3n) is 10.5. The summed E-state index contributed by atoms with van der Waals surface area (Å²) in [7, 11) is 0. The van der Waals surface area contributed by atoms with Gasteiger partial charge in [0, 0.05) is 42.0 Å². The van der Waals surface area contributed by atoms with Crippen LogP contribution in [0.15, 0.2) is 48.7 Å². The van der Waals surface area contributed by atoms with Crippen LogP contribution in [0.3, 0.4) is 0 Å². The maximum atomic E-state index is 13.1. The molecule has 1 aliphatic rings. The van der Waals surface area contributed by atoms with Crippen molar-refractivity contribution in [1.29, 1.82) is 0 Å². The molecule has 1 aromatic carbocycles. The molecule has 55 heavy (non-hydrogen) atoms. The summed E-state index contributed by atoms with van der Waals surface area (Å²) in [5, 5.41) is 42.8. The van der Waals surface area contributed by atoms with Crippen LogP contribution in [0.2, 0.25) is 0 Å². The lowest BCUT2D eigenvalue weighted by atomic mass is 9.85. The normalized spacial score (nSPS) is 19.8. The highest BCUT2D eigenvalue weighted by Crippen LogP contribution is 2.39. The van der Waals surface area contributed by atoms with Crippen molar-refractivity contribution in [3.05, 3.63) is 71.1 Å². The lowest BCUT2D eigenvalue weighted by Crippen LogP contribution is -2.31. The fourth-order valence-electron chi connectivity index (χ4n) is 6.81. The van der Waals surface area contributed by atoms with Crippen LogP contribution in [-0.2, 0) is 38.7 Å². The van der Waals surface area contributed by atoms with E-state index in [1.54, 1.807) is 34.6 Å². The molecule has 0 radical (unpaired) electrons. The van der Waals surface area contributed by atoms with Crippen LogP contribution in [0.1, 0.15) is 114 Å². The van der Waals surface area contributed by atoms with Crippen LogP contribution in [0.25, 0.3) is 0 Å². The second kappa shape index (κ2) is 21.9. The summed E-state index contributed by atoms with van der Waals surface area (Å²) >= 11 is 0. The number of hydrogen-bond donors (Lipinski definition) is 4. The number of ether oxygens (including phenoxy) is 3. The molecule has 1 aliphatic carbocycles. The summed E-state index contributed by atoms with van der Waals surface area (Å²) in [6, 6.07) is 10.0. The zero-order valence-corrected chi connectivity index (χ0v) is 33.2. The first-order chi connectivity index (χ1) is 26.1. The van der Waals surface area contributed by atoms with E-state index in [0.717, 1.165) is 6.42 Å². The Morgan fingerprint density at radius 2 is 1.67 bits per heavy atom. The van der Waals surface area contributed by atoms with Gasteiger partial charge in [0.15, 0.2) is 12.0 Å². The summed E-state index contributed by atoms with van der Waals surface area (Å²) in [4.78, 5) is 30.3. The van der Waals surface area contributed by atoms with Gasteiger partial charge in [0.1, 0.15) is 6.61 Å². The number of aromatic nitrogens is 1. The van der Waals surface area contributed by atoms with Gasteiger partial charge in [0.2, 0.25) is 0 Å². The zero-order valence-electron chi connectivity index (χ0n) is 33.2. The number of rotatable bonds is 22. The molecular weight excluding hydrogens is 698 g/mol. The van der Waals surface area contributed by atoms with Crippen LogP contribution in [0, 0.1) is 54.3 Å². The van der Waals surface area contributed by atoms with E-state index in [0.29, 0.717) is 61.8 Å². The second-order valence-electron chi connectivity index (χ2n) is 16.1. The molecule has 1 fully saturated rings. The van der Waals surface area contributed by atoms with E-state index in [9.17, 15) is 30.0 Å². The van der Waals surface area contributed by atoms with Gasteiger partial charge in [-0.15, -0.1) is 24.7 Å². The lowest BCUT2D eigenvalue weighted by molar-refractivity contribution is -0.171. The molecule has 6 atom stereocenters. The number of hydrogen-bond acceptors (Lipinski definition) is 10. The van der Waals surface area contributed by atoms with Crippen LogP contribution in [-0.4, -0.2) is 62.0 Å². The number of esters is 2. The molecule has 0 bridgehead atoms. The molecule has 1 heterocycles. The van der Waals surface area contributed by atoms with Crippen LogP contribution in [0.5, 0.6) is 5.75 Å². The Morgan fingerprint density at radius 1 is 0.982 bits per heavy atom. The Bertz CT molecular complexity index is 1640. The predicted octanol–water partition coefficient (Wildman–Crippen LogP) is 6.52. The highest BCUT2D eigenvalue weighted by atomic mass is 16.6. The third-order valence-corrected chi connectivity index (χ3v) is 10.5. The Kier molecular flexibility index (Phi) is 18.1. The third kappa shape index (κ3) is 14.2. The van der Waals surface area contributed by atoms with E-state index in [1.807, 2.05) is 42.5 Å². The molecule has 300 valence electrons. The van der Waals surface area contributed by atoms with Crippen LogP contribution < -0.4 is 4.74 Å². The van der Waals surface area contributed by atoms with Crippen LogP contribution >= 0.6 is 0 Å². The van der Waals surface area contributed by atoms with E-state index in [-0.39, 0.29) is 50.1 Å². The molecule has 0 saturated heterocycles. The number of aliphatic hydroxyl groups excluding tert-OH is 4. The average Bonchev–Trinajstić information content (AvgIpc) is 3.41.